The SMILES string of the molecule is O=CO.[2H]C([2H])([2H])N1C(=O)c2cccc(C#CC)c2[C@H]2C[C@@H]1c1nc3ccc(-c4cnc(N5CCC[C@@H]5CN)nc4)cc3n12. The lowest BCUT2D eigenvalue weighted by molar-refractivity contribution is -0.122. The molecule has 1 amide bonds. The van der Waals surface area contributed by atoms with Gasteiger partial charge in [-0.05, 0) is 49.6 Å². The standard InChI is InChI=1S/C30H29N7O.CH2O2/c1-3-6-18-7-4-9-22-27(18)25-14-26(35(2)29(22)38)28-34-23-11-10-19(13-24(23)37(25)28)20-16-32-30(33-17-20)36-12-5-8-21(36)15-31;2-1-3/h4,7,9-11,13,16-17,21,25-26H,5,8,12,14-15,31H2,1-2H3;1H,(H,2,3)/t21-,25-,26-;/m1./s1/i2D3;. The fourth-order valence-electron chi connectivity index (χ4n) is 6.33. The maximum Gasteiger partial charge on any atom is 0.290 e. The predicted octanol–water partition coefficient (Wildman–Crippen LogP) is 3.61. The van der Waals surface area contributed by atoms with Gasteiger partial charge in [-0.3, -0.25) is 9.59 Å². The first-order chi connectivity index (χ1) is 21.2. The molecule has 10 nitrogen and oxygen atoms in total. The molecule has 3 atom stereocenters. The molecule has 7 rings (SSSR count). The Labute approximate surface area is 242 Å². The molecule has 10 heteroatoms. The normalized spacial score (nSPS) is 21.9. The van der Waals surface area contributed by atoms with E-state index in [0.717, 1.165) is 57.6 Å². The highest BCUT2D eigenvalue weighted by Crippen LogP contribution is 2.48. The highest BCUT2D eigenvalue weighted by molar-refractivity contribution is 5.98. The summed E-state index contributed by atoms with van der Waals surface area (Å²) >= 11 is 0. The van der Waals surface area contributed by atoms with Crippen LogP contribution in [0.3, 0.4) is 0 Å². The zero-order valence-electron chi connectivity index (χ0n) is 25.5. The Hall–Kier alpha value is -4.75. The number of nitrogens with two attached hydrogens (primary N) is 1. The molecule has 3 aliphatic rings. The molecule has 41 heavy (non-hydrogen) atoms. The molecule has 2 bridgehead atoms. The summed E-state index contributed by atoms with van der Waals surface area (Å²) in [6.45, 7) is 0.354. The fraction of sp³-hybridized carbons (Fsp3) is 0.323. The van der Waals surface area contributed by atoms with Crippen LogP contribution in [0.1, 0.15) is 69.7 Å². The molecule has 1 fully saturated rings. The van der Waals surface area contributed by atoms with Gasteiger partial charge in [0.1, 0.15) is 5.82 Å². The van der Waals surface area contributed by atoms with Crippen molar-refractivity contribution in [1.82, 2.24) is 24.4 Å². The summed E-state index contributed by atoms with van der Waals surface area (Å²) in [7, 11) is 0. The lowest BCUT2D eigenvalue weighted by Gasteiger charge is -2.24. The van der Waals surface area contributed by atoms with Crippen LogP contribution in [0.4, 0.5) is 5.95 Å². The van der Waals surface area contributed by atoms with Crippen molar-refractivity contribution in [3.05, 3.63) is 71.3 Å². The van der Waals surface area contributed by atoms with Crippen LogP contribution in [0.15, 0.2) is 48.8 Å². The molecule has 0 aliphatic carbocycles. The maximum atomic E-state index is 13.7. The van der Waals surface area contributed by atoms with E-state index < -0.39 is 18.9 Å². The van der Waals surface area contributed by atoms with Gasteiger partial charge in [-0.25, -0.2) is 15.0 Å². The van der Waals surface area contributed by atoms with Gasteiger partial charge in [0.2, 0.25) is 5.95 Å². The fourth-order valence-corrected chi connectivity index (χ4v) is 6.33. The molecule has 2 aromatic carbocycles. The minimum atomic E-state index is -2.63. The Morgan fingerprint density at radius 2 is 2.00 bits per heavy atom. The van der Waals surface area contributed by atoms with Gasteiger partial charge in [-0.2, -0.15) is 0 Å². The van der Waals surface area contributed by atoms with E-state index >= 15 is 0 Å². The Morgan fingerprint density at radius 1 is 1.20 bits per heavy atom. The summed E-state index contributed by atoms with van der Waals surface area (Å²) in [5.74, 6) is 6.84. The van der Waals surface area contributed by atoms with Crippen molar-refractivity contribution < 1.29 is 18.8 Å². The number of rotatable bonds is 3. The summed E-state index contributed by atoms with van der Waals surface area (Å²) in [6, 6.07) is 10.6. The number of nitrogens with zero attached hydrogens (tertiary/aromatic N) is 6. The van der Waals surface area contributed by atoms with Gasteiger partial charge in [-0.15, -0.1) is 5.92 Å². The first-order valence-electron chi connectivity index (χ1n) is 15.0. The first kappa shape index (κ1) is 23.0. The van der Waals surface area contributed by atoms with Gasteiger partial charge in [-0.1, -0.05) is 18.1 Å². The summed E-state index contributed by atoms with van der Waals surface area (Å²) in [4.78, 5) is 39.5. The minimum Gasteiger partial charge on any atom is -0.483 e. The smallest absolute Gasteiger partial charge is 0.290 e. The highest BCUT2D eigenvalue weighted by Gasteiger charge is 2.44. The predicted molar refractivity (Wildman–Crippen MR) is 155 cm³/mol. The van der Waals surface area contributed by atoms with Crippen molar-refractivity contribution >= 4 is 29.4 Å². The number of benzene rings is 2. The summed E-state index contributed by atoms with van der Waals surface area (Å²) < 4.78 is 26.9. The molecule has 0 saturated carbocycles. The van der Waals surface area contributed by atoms with E-state index in [1.165, 1.54) is 0 Å². The number of amides is 1. The number of carbonyl (C=O) groups is 2. The van der Waals surface area contributed by atoms with Crippen LogP contribution in [-0.4, -0.2) is 68.0 Å². The average molecular weight is 553 g/mol. The van der Waals surface area contributed by atoms with E-state index in [4.69, 9.17) is 24.7 Å². The molecule has 0 unspecified atom stereocenters. The molecule has 3 aliphatic heterocycles. The van der Waals surface area contributed by atoms with E-state index in [2.05, 4.69) is 37.3 Å². The van der Waals surface area contributed by atoms with Crippen molar-refractivity contribution in [3.8, 4) is 23.0 Å². The second-order valence-corrected chi connectivity index (χ2v) is 10.2. The number of imidazole rings is 1. The maximum absolute atomic E-state index is 13.7. The third-order valence-electron chi connectivity index (χ3n) is 8.11. The topological polar surface area (TPSA) is 130 Å². The molecular formula is C31H31N7O3. The number of fused-ring (bicyclic) bond motifs is 9. The van der Waals surface area contributed by atoms with Gasteiger partial charge in [0.05, 0.1) is 23.1 Å². The van der Waals surface area contributed by atoms with Crippen molar-refractivity contribution in [2.75, 3.05) is 25.0 Å². The largest absolute Gasteiger partial charge is 0.483 e. The van der Waals surface area contributed by atoms with Crippen LogP contribution in [0.25, 0.3) is 22.2 Å². The second-order valence-electron chi connectivity index (χ2n) is 10.2. The molecule has 0 radical (unpaired) electrons. The monoisotopic (exact) mass is 552 g/mol. The molecular weight excluding hydrogens is 518 g/mol. The minimum absolute atomic E-state index is 0.250. The highest BCUT2D eigenvalue weighted by atomic mass is 16.3. The first-order valence-corrected chi connectivity index (χ1v) is 13.5. The number of anilines is 1. The van der Waals surface area contributed by atoms with Crippen molar-refractivity contribution in [2.45, 2.75) is 44.3 Å². The number of carbonyl (C=O) groups excluding carboxylic acids is 1. The van der Waals surface area contributed by atoms with Crippen LogP contribution in [0.5, 0.6) is 0 Å². The zero-order valence-corrected chi connectivity index (χ0v) is 22.5. The van der Waals surface area contributed by atoms with Crippen LogP contribution >= 0.6 is 0 Å². The molecule has 208 valence electrons. The number of aromatic nitrogens is 4. The van der Waals surface area contributed by atoms with Gasteiger partial charge in [0, 0.05) is 71.3 Å². The molecule has 5 heterocycles. The van der Waals surface area contributed by atoms with Gasteiger partial charge >= 0.3 is 0 Å². The van der Waals surface area contributed by atoms with Crippen molar-refractivity contribution in [1.29, 1.82) is 0 Å². The zero-order chi connectivity index (χ0) is 31.2. The Morgan fingerprint density at radius 3 is 2.73 bits per heavy atom. The van der Waals surface area contributed by atoms with E-state index in [1.54, 1.807) is 19.1 Å². The summed E-state index contributed by atoms with van der Waals surface area (Å²) in [5, 5.41) is 6.89. The lowest BCUT2D eigenvalue weighted by atomic mass is 9.93. The third-order valence-corrected chi connectivity index (χ3v) is 8.11. The third kappa shape index (κ3) is 4.30. The molecule has 1 saturated heterocycles. The average Bonchev–Trinajstić information content (AvgIpc) is 3.70. The molecule has 4 aromatic rings. The van der Waals surface area contributed by atoms with E-state index in [0.29, 0.717) is 30.3 Å². The van der Waals surface area contributed by atoms with E-state index in [1.807, 2.05) is 30.6 Å². The summed E-state index contributed by atoms with van der Waals surface area (Å²) in [6.07, 6.45) is 6.21. The molecule has 2 aromatic heterocycles. The number of hydrogen-bond donors (Lipinski definition) is 2. The number of carboxylic acid groups (broad SMARTS) is 1. The van der Waals surface area contributed by atoms with Crippen molar-refractivity contribution in [3.63, 3.8) is 0 Å². The van der Waals surface area contributed by atoms with Crippen LogP contribution in [0, 0.1) is 11.8 Å². The van der Waals surface area contributed by atoms with E-state index in [-0.39, 0.29) is 18.6 Å². The lowest BCUT2D eigenvalue weighted by Crippen LogP contribution is -2.36. The van der Waals surface area contributed by atoms with Crippen LogP contribution in [-0.2, 0) is 4.79 Å². The van der Waals surface area contributed by atoms with Gasteiger partial charge in [0.15, 0.2) is 0 Å². The second kappa shape index (κ2) is 10.7. The van der Waals surface area contributed by atoms with E-state index in [9.17, 15) is 4.79 Å². The molecule has 0 spiro atoms. The Bertz CT molecular complexity index is 1810. The number of hydrogen-bond acceptors (Lipinski definition) is 7. The van der Waals surface area contributed by atoms with Crippen LogP contribution in [0.2, 0.25) is 0 Å². The Kier molecular flexibility index (Phi) is 5.99. The van der Waals surface area contributed by atoms with Crippen molar-refractivity contribution in [2.24, 2.45) is 5.73 Å². The van der Waals surface area contributed by atoms with Crippen LogP contribution < -0.4 is 10.6 Å². The quantitative estimate of drug-likeness (QED) is 0.291. The van der Waals surface area contributed by atoms with Gasteiger partial charge < -0.3 is 25.2 Å². The Balaban J connectivity index is 0.00000110. The van der Waals surface area contributed by atoms with Gasteiger partial charge in [0.25, 0.3) is 12.4 Å². The molecule has 3 N–H and O–H groups in total. The summed E-state index contributed by atoms with van der Waals surface area (Å²) in [5.41, 5.74) is 11.2.